The average molecular weight is 250 g/mol. The lowest BCUT2D eigenvalue weighted by molar-refractivity contribution is 0.290. The molecule has 0 aliphatic rings. The molecule has 0 aliphatic carbocycles. The molecular formula is C17H14O2. The molecule has 0 aliphatic heterocycles. The predicted molar refractivity (Wildman–Crippen MR) is 76.9 cm³/mol. The van der Waals surface area contributed by atoms with Crippen LogP contribution >= 0.6 is 0 Å². The van der Waals surface area contributed by atoms with Gasteiger partial charge >= 0.3 is 0 Å². The van der Waals surface area contributed by atoms with Gasteiger partial charge in [0, 0.05) is 29.4 Å². The van der Waals surface area contributed by atoms with Crippen molar-refractivity contribution in [2.75, 3.05) is 6.61 Å². The SMILES string of the molecule is OCCCC#Cc1ccc2oc3ccccc3c2c1. The van der Waals surface area contributed by atoms with Crippen LogP contribution in [-0.4, -0.2) is 11.7 Å². The Bertz CT molecular complexity index is 772. The Kier molecular flexibility index (Phi) is 3.22. The lowest BCUT2D eigenvalue weighted by Gasteiger charge is -1.92. The summed E-state index contributed by atoms with van der Waals surface area (Å²) in [5.74, 6) is 6.19. The summed E-state index contributed by atoms with van der Waals surface area (Å²) in [5.41, 5.74) is 2.78. The minimum Gasteiger partial charge on any atom is -0.456 e. The molecule has 0 bridgehead atoms. The van der Waals surface area contributed by atoms with Gasteiger partial charge in [-0.3, -0.25) is 0 Å². The molecule has 0 amide bonds. The Balaban J connectivity index is 2.03. The number of fused-ring (bicyclic) bond motifs is 3. The number of aliphatic hydroxyl groups excluding tert-OH is 1. The van der Waals surface area contributed by atoms with Gasteiger partial charge in [0.05, 0.1) is 0 Å². The average Bonchev–Trinajstić information content (AvgIpc) is 2.82. The first kappa shape index (κ1) is 11.8. The highest BCUT2D eigenvalue weighted by Gasteiger charge is 2.05. The summed E-state index contributed by atoms with van der Waals surface area (Å²) in [7, 11) is 0. The largest absolute Gasteiger partial charge is 0.456 e. The molecule has 1 aromatic heterocycles. The van der Waals surface area contributed by atoms with E-state index in [1.54, 1.807) is 0 Å². The highest BCUT2D eigenvalue weighted by Crippen LogP contribution is 2.28. The topological polar surface area (TPSA) is 33.4 Å². The van der Waals surface area contributed by atoms with Crippen molar-refractivity contribution >= 4 is 21.9 Å². The number of furan rings is 1. The molecule has 0 unspecified atom stereocenters. The monoisotopic (exact) mass is 250 g/mol. The summed E-state index contributed by atoms with van der Waals surface area (Å²) in [6, 6.07) is 14.0. The standard InChI is InChI=1S/C17H14O2/c18-11-5-1-2-6-13-9-10-17-15(12-13)14-7-3-4-8-16(14)19-17/h3-4,7-10,12,18H,1,5,11H2. The van der Waals surface area contributed by atoms with Crippen molar-refractivity contribution in [1.29, 1.82) is 0 Å². The number of rotatable bonds is 2. The van der Waals surface area contributed by atoms with Crippen LogP contribution in [0.25, 0.3) is 21.9 Å². The second-order valence-electron chi connectivity index (χ2n) is 4.44. The Morgan fingerprint density at radius 3 is 2.74 bits per heavy atom. The van der Waals surface area contributed by atoms with Gasteiger partial charge in [-0.25, -0.2) is 0 Å². The van der Waals surface area contributed by atoms with E-state index >= 15 is 0 Å². The van der Waals surface area contributed by atoms with E-state index in [4.69, 9.17) is 9.52 Å². The van der Waals surface area contributed by atoms with Crippen molar-refractivity contribution in [2.45, 2.75) is 12.8 Å². The molecule has 1 heterocycles. The number of aliphatic hydroxyl groups is 1. The van der Waals surface area contributed by atoms with E-state index in [1.807, 2.05) is 30.3 Å². The molecule has 2 nitrogen and oxygen atoms in total. The van der Waals surface area contributed by atoms with Gasteiger partial charge in [-0.1, -0.05) is 30.0 Å². The number of hydrogen-bond donors (Lipinski definition) is 1. The highest BCUT2D eigenvalue weighted by atomic mass is 16.3. The molecule has 0 saturated carbocycles. The van der Waals surface area contributed by atoms with Crippen LogP contribution in [0.15, 0.2) is 46.9 Å². The lowest BCUT2D eigenvalue weighted by atomic mass is 10.1. The maximum Gasteiger partial charge on any atom is 0.135 e. The van der Waals surface area contributed by atoms with E-state index in [2.05, 4.69) is 24.0 Å². The van der Waals surface area contributed by atoms with Crippen LogP contribution in [-0.2, 0) is 0 Å². The van der Waals surface area contributed by atoms with Gasteiger partial charge in [0.1, 0.15) is 11.2 Å². The van der Waals surface area contributed by atoms with Crippen LogP contribution in [0.4, 0.5) is 0 Å². The second-order valence-corrected chi connectivity index (χ2v) is 4.44. The number of benzene rings is 2. The molecule has 2 aromatic carbocycles. The zero-order chi connectivity index (χ0) is 13.1. The zero-order valence-corrected chi connectivity index (χ0v) is 10.5. The van der Waals surface area contributed by atoms with E-state index in [-0.39, 0.29) is 6.61 Å². The fourth-order valence-corrected chi connectivity index (χ4v) is 2.14. The molecule has 0 radical (unpaired) electrons. The van der Waals surface area contributed by atoms with Gasteiger partial charge in [-0.05, 0) is 30.7 Å². The first-order chi connectivity index (χ1) is 9.38. The molecule has 94 valence electrons. The highest BCUT2D eigenvalue weighted by molar-refractivity contribution is 6.05. The van der Waals surface area contributed by atoms with Gasteiger partial charge in [-0.15, -0.1) is 0 Å². The molecule has 2 heteroatoms. The molecular weight excluding hydrogens is 236 g/mol. The Hall–Kier alpha value is -2.24. The summed E-state index contributed by atoms with van der Waals surface area (Å²) in [6.07, 6.45) is 1.45. The van der Waals surface area contributed by atoms with Crippen LogP contribution in [0, 0.1) is 11.8 Å². The fraction of sp³-hybridized carbons (Fsp3) is 0.176. The normalized spacial score (nSPS) is 10.6. The van der Waals surface area contributed by atoms with Crippen LogP contribution in [0.1, 0.15) is 18.4 Å². The summed E-state index contributed by atoms with van der Waals surface area (Å²) >= 11 is 0. The molecule has 3 rings (SSSR count). The van der Waals surface area contributed by atoms with Gasteiger partial charge in [0.15, 0.2) is 0 Å². The molecule has 0 atom stereocenters. The molecule has 0 saturated heterocycles. The maximum atomic E-state index is 8.72. The van der Waals surface area contributed by atoms with E-state index < -0.39 is 0 Å². The minimum absolute atomic E-state index is 0.195. The first-order valence-corrected chi connectivity index (χ1v) is 6.39. The van der Waals surface area contributed by atoms with Crippen LogP contribution in [0.3, 0.4) is 0 Å². The molecule has 19 heavy (non-hydrogen) atoms. The van der Waals surface area contributed by atoms with Crippen LogP contribution in [0.5, 0.6) is 0 Å². The third kappa shape index (κ3) is 2.33. The van der Waals surface area contributed by atoms with Gasteiger partial charge in [0.2, 0.25) is 0 Å². The van der Waals surface area contributed by atoms with Gasteiger partial charge in [-0.2, -0.15) is 0 Å². The minimum atomic E-state index is 0.195. The van der Waals surface area contributed by atoms with Gasteiger partial charge < -0.3 is 9.52 Å². The molecule has 3 aromatic rings. The van der Waals surface area contributed by atoms with Crippen LogP contribution in [0.2, 0.25) is 0 Å². The summed E-state index contributed by atoms with van der Waals surface area (Å²) in [5, 5.41) is 10.9. The van der Waals surface area contributed by atoms with Gasteiger partial charge in [0.25, 0.3) is 0 Å². The lowest BCUT2D eigenvalue weighted by Crippen LogP contribution is -1.79. The summed E-state index contributed by atoms with van der Waals surface area (Å²) in [6.45, 7) is 0.195. The third-order valence-electron chi connectivity index (χ3n) is 3.07. The van der Waals surface area contributed by atoms with Crippen LogP contribution < -0.4 is 0 Å². The first-order valence-electron chi connectivity index (χ1n) is 6.39. The van der Waals surface area contributed by atoms with Crippen molar-refractivity contribution in [1.82, 2.24) is 0 Å². The van der Waals surface area contributed by atoms with Crippen molar-refractivity contribution in [3.8, 4) is 11.8 Å². The quantitative estimate of drug-likeness (QED) is 0.555. The van der Waals surface area contributed by atoms with E-state index in [1.165, 1.54) is 0 Å². The Morgan fingerprint density at radius 1 is 1.00 bits per heavy atom. The Labute approximate surface area is 111 Å². The summed E-state index contributed by atoms with van der Waals surface area (Å²) < 4.78 is 5.77. The van der Waals surface area contributed by atoms with E-state index in [0.29, 0.717) is 0 Å². The fourth-order valence-electron chi connectivity index (χ4n) is 2.14. The number of para-hydroxylation sites is 1. The van der Waals surface area contributed by atoms with E-state index in [9.17, 15) is 0 Å². The third-order valence-corrected chi connectivity index (χ3v) is 3.07. The number of unbranched alkanes of at least 4 members (excludes halogenated alkanes) is 1. The van der Waals surface area contributed by atoms with Crippen molar-refractivity contribution < 1.29 is 9.52 Å². The Morgan fingerprint density at radius 2 is 1.84 bits per heavy atom. The van der Waals surface area contributed by atoms with Crippen molar-refractivity contribution in [3.63, 3.8) is 0 Å². The smallest absolute Gasteiger partial charge is 0.135 e. The zero-order valence-electron chi connectivity index (χ0n) is 10.5. The number of hydrogen-bond acceptors (Lipinski definition) is 2. The predicted octanol–water partition coefficient (Wildman–Crippen LogP) is 3.71. The van der Waals surface area contributed by atoms with E-state index in [0.717, 1.165) is 40.3 Å². The summed E-state index contributed by atoms with van der Waals surface area (Å²) in [4.78, 5) is 0. The van der Waals surface area contributed by atoms with Crippen molar-refractivity contribution in [3.05, 3.63) is 48.0 Å². The second kappa shape index (κ2) is 5.17. The molecule has 0 fully saturated rings. The molecule has 1 N–H and O–H groups in total. The maximum absolute atomic E-state index is 8.72. The van der Waals surface area contributed by atoms with Crippen molar-refractivity contribution in [2.24, 2.45) is 0 Å². The molecule has 0 spiro atoms.